The molecule has 1 aromatic heterocycles. The van der Waals surface area contributed by atoms with Gasteiger partial charge in [-0.3, -0.25) is 0 Å². The van der Waals surface area contributed by atoms with Gasteiger partial charge in [-0.05, 0) is 55.0 Å². The number of hydrogen-bond donors (Lipinski definition) is 2. The van der Waals surface area contributed by atoms with Gasteiger partial charge < -0.3 is 20.1 Å². The molecule has 3 aromatic rings. The van der Waals surface area contributed by atoms with E-state index in [4.69, 9.17) is 10.5 Å². The third-order valence-corrected chi connectivity index (χ3v) is 3.83. The lowest BCUT2D eigenvalue weighted by atomic mass is 10.1. The molecule has 1 heterocycles. The Balaban J connectivity index is 1.87. The van der Waals surface area contributed by atoms with Crippen molar-refractivity contribution >= 4 is 10.9 Å². The van der Waals surface area contributed by atoms with Gasteiger partial charge in [0.1, 0.15) is 18.1 Å². The van der Waals surface area contributed by atoms with Crippen molar-refractivity contribution in [3.8, 4) is 11.5 Å². The van der Waals surface area contributed by atoms with Gasteiger partial charge in [0.15, 0.2) is 0 Å². The molecule has 0 fully saturated rings. The van der Waals surface area contributed by atoms with Crippen LogP contribution in [0.1, 0.15) is 18.2 Å². The average Bonchev–Trinajstić information content (AvgIpc) is 2.90. The summed E-state index contributed by atoms with van der Waals surface area (Å²) >= 11 is 0. The molecule has 0 saturated carbocycles. The minimum absolute atomic E-state index is 0.240. The molecule has 0 atom stereocenters. The number of hydrogen-bond acceptors (Lipinski definition) is 3. The predicted molar refractivity (Wildman–Crippen MR) is 87.9 cm³/mol. The van der Waals surface area contributed by atoms with Crippen LogP contribution in [-0.2, 0) is 19.7 Å². The topological polar surface area (TPSA) is 60.4 Å². The lowest BCUT2D eigenvalue weighted by Gasteiger charge is -2.10. The Morgan fingerprint density at radius 2 is 1.86 bits per heavy atom. The molecule has 0 unspecified atom stereocenters. The maximum absolute atomic E-state index is 9.30. The summed E-state index contributed by atoms with van der Waals surface area (Å²) in [6.07, 6.45) is 0. The van der Waals surface area contributed by atoms with Crippen LogP contribution in [0.5, 0.6) is 11.5 Å². The van der Waals surface area contributed by atoms with Gasteiger partial charge in [-0.25, -0.2) is 0 Å². The van der Waals surface area contributed by atoms with Crippen LogP contribution in [-0.4, -0.2) is 9.67 Å². The minimum atomic E-state index is 0.240. The highest BCUT2D eigenvalue weighted by molar-refractivity contribution is 5.82. The molecule has 0 amide bonds. The zero-order chi connectivity index (χ0) is 15.5. The number of aromatic hydroxyl groups is 1. The summed E-state index contributed by atoms with van der Waals surface area (Å²) in [6, 6.07) is 15.2. The Labute approximate surface area is 129 Å². The van der Waals surface area contributed by atoms with Crippen molar-refractivity contribution in [2.75, 3.05) is 0 Å². The van der Waals surface area contributed by atoms with Crippen LogP contribution in [0.4, 0.5) is 0 Å². The fourth-order valence-corrected chi connectivity index (χ4v) is 2.70. The fraction of sp³-hybridized carbons (Fsp3) is 0.222. The summed E-state index contributed by atoms with van der Waals surface area (Å²) in [5.41, 5.74) is 9.17. The Bertz CT molecular complexity index is 776. The van der Waals surface area contributed by atoms with Crippen molar-refractivity contribution in [1.82, 2.24) is 4.57 Å². The number of phenolic OH excluding ortho intramolecular Hbond substituents is 1. The van der Waals surface area contributed by atoms with E-state index in [1.165, 1.54) is 10.9 Å². The molecule has 114 valence electrons. The Hall–Kier alpha value is -2.46. The molecule has 0 aliphatic heterocycles. The second-order valence-electron chi connectivity index (χ2n) is 5.26. The van der Waals surface area contributed by atoms with E-state index >= 15 is 0 Å². The van der Waals surface area contributed by atoms with E-state index in [1.54, 1.807) is 24.3 Å². The lowest BCUT2D eigenvalue weighted by molar-refractivity contribution is 0.295. The molecular formula is C18H20N2O2. The number of aryl methyl sites for hydroxylation is 1. The molecule has 0 aliphatic carbocycles. The predicted octanol–water partition coefficient (Wildman–Crippen LogP) is 3.40. The van der Waals surface area contributed by atoms with Gasteiger partial charge in [0.2, 0.25) is 0 Å². The van der Waals surface area contributed by atoms with Crippen LogP contribution in [0.25, 0.3) is 10.9 Å². The van der Waals surface area contributed by atoms with E-state index in [-0.39, 0.29) is 5.75 Å². The molecule has 22 heavy (non-hydrogen) atoms. The van der Waals surface area contributed by atoms with E-state index in [1.807, 2.05) is 0 Å². The van der Waals surface area contributed by atoms with Crippen molar-refractivity contribution in [1.29, 1.82) is 0 Å². The van der Waals surface area contributed by atoms with E-state index < -0.39 is 0 Å². The maximum Gasteiger partial charge on any atom is 0.128 e. The highest BCUT2D eigenvalue weighted by atomic mass is 16.5. The maximum atomic E-state index is 9.30. The lowest BCUT2D eigenvalue weighted by Crippen LogP contribution is -2.04. The molecule has 0 saturated heterocycles. The SMILES string of the molecule is CCn1c(COc2ccc(O)cc2)cc2cc(CN)ccc21. The molecular weight excluding hydrogens is 276 g/mol. The molecule has 0 spiro atoms. The molecule has 3 N–H and O–H groups in total. The number of ether oxygens (including phenoxy) is 1. The standard InChI is InChI=1S/C18H20N2O2/c1-2-20-15(12-22-17-6-4-16(21)5-7-17)10-14-9-13(11-19)3-8-18(14)20/h3-10,21H,2,11-12,19H2,1H3. The second kappa shape index (κ2) is 6.12. The number of rotatable bonds is 5. The van der Waals surface area contributed by atoms with Gasteiger partial charge in [-0.15, -0.1) is 0 Å². The quantitative estimate of drug-likeness (QED) is 0.758. The van der Waals surface area contributed by atoms with Crippen LogP contribution < -0.4 is 10.5 Å². The number of nitrogens with zero attached hydrogens (tertiary/aromatic N) is 1. The van der Waals surface area contributed by atoms with Crippen LogP contribution in [0.2, 0.25) is 0 Å². The summed E-state index contributed by atoms with van der Waals surface area (Å²) in [4.78, 5) is 0. The third kappa shape index (κ3) is 2.78. The average molecular weight is 296 g/mol. The van der Waals surface area contributed by atoms with Crippen molar-refractivity contribution in [2.24, 2.45) is 5.73 Å². The summed E-state index contributed by atoms with van der Waals surface area (Å²) in [7, 11) is 0. The molecule has 4 heteroatoms. The van der Waals surface area contributed by atoms with Crippen LogP contribution in [0.3, 0.4) is 0 Å². The Morgan fingerprint density at radius 3 is 2.55 bits per heavy atom. The molecule has 0 aliphatic rings. The minimum Gasteiger partial charge on any atom is -0.508 e. The van der Waals surface area contributed by atoms with E-state index in [2.05, 4.69) is 35.8 Å². The van der Waals surface area contributed by atoms with Crippen molar-refractivity contribution in [3.63, 3.8) is 0 Å². The van der Waals surface area contributed by atoms with E-state index in [0.717, 1.165) is 23.6 Å². The number of aromatic nitrogens is 1. The Kier molecular flexibility index (Phi) is 4.02. The normalized spacial score (nSPS) is 11.0. The van der Waals surface area contributed by atoms with Gasteiger partial charge in [0.05, 0.1) is 5.69 Å². The zero-order valence-corrected chi connectivity index (χ0v) is 12.6. The van der Waals surface area contributed by atoms with Crippen LogP contribution in [0.15, 0.2) is 48.5 Å². The van der Waals surface area contributed by atoms with Crippen LogP contribution in [0, 0.1) is 0 Å². The van der Waals surface area contributed by atoms with E-state index in [0.29, 0.717) is 13.2 Å². The van der Waals surface area contributed by atoms with Gasteiger partial charge in [-0.2, -0.15) is 0 Å². The third-order valence-electron chi connectivity index (χ3n) is 3.83. The highest BCUT2D eigenvalue weighted by Gasteiger charge is 2.09. The van der Waals surface area contributed by atoms with Gasteiger partial charge in [-0.1, -0.05) is 6.07 Å². The van der Waals surface area contributed by atoms with Crippen molar-refractivity contribution < 1.29 is 9.84 Å². The Morgan fingerprint density at radius 1 is 1.09 bits per heavy atom. The first-order chi connectivity index (χ1) is 10.7. The molecule has 0 bridgehead atoms. The number of fused-ring (bicyclic) bond motifs is 1. The van der Waals surface area contributed by atoms with Gasteiger partial charge >= 0.3 is 0 Å². The zero-order valence-electron chi connectivity index (χ0n) is 12.6. The van der Waals surface area contributed by atoms with Crippen LogP contribution >= 0.6 is 0 Å². The summed E-state index contributed by atoms with van der Waals surface area (Å²) in [5.74, 6) is 0.984. The highest BCUT2D eigenvalue weighted by Crippen LogP contribution is 2.23. The first kappa shape index (κ1) is 14.5. The summed E-state index contributed by atoms with van der Waals surface area (Å²) in [5, 5.41) is 10.5. The second-order valence-corrected chi connectivity index (χ2v) is 5.26. The molecule has 0 radical (unpaired) electrons. The number of phenols is 1. The summed E-state index contributed by atoms with van der Waals surface area (Å²) in [6.45, 7) is 4.05. The number of benzene rings is 2. The first-order valence-corrected chi connectivity index (χ1v) is 7.44. The smallest absolute Gasteiger partial charge is 0.128 e. The molecule has 3 rings (SSSR count). The monoisotopic (exact) mass is 296 g/mol. The fourth-order valence-electron chi connectivity index (χ4n) is 2.70. The van der Waals surface area contributed by atoms with E-state index in [9.17, 15) is 5.11 Å². The molecule has 4 nitrogen and oxygen atoms in total. The number of nitrogens with two attached hydrogens (primary N) is 1. The summed E-state index contributed by atoms with van der Waals surface area (Å²) < 4.78 is 8.07. The molecule has 2 aromatic carbocycles. The van der Waals surface area contributed by atoms with Gasteiger partial charge in [0, 0.05) is 24.0 Å². The largest absolute Gasteiger partial charge is 0.508 e. The first-order valence-electron chi connectivity index (χ1n) is 7.44. The van der Waals surface area contributed by atoms with Crippen molar-refractivity contribution in [2.45, 2.75) is 26.6 Å². The van der Waals surface area contributed by atoms with Gasteiger partial charge in [0.25, 0.3) is 0 Å². The van der Waals surface area contributed by atoms with Crippen molar-refractivity contribution in [3.05, 3.63) is 59.8 Å².